The van der Waals surface area contributed by atoms with Crippen LogP contribution in [-0.2, 0) is 23.2 Å². The molecule has 2 aliphatic rings. The molecule has 2 atom stereocenters. The molecule has 9 heteroatoms. The molecule has 2 saturated heterocycles. The third-order valence-corrected chi connectivity index (χ3v) is 8.43. The molecule has 0 bridgehead atoms. The van der Waals surface area contributed by atoms with E-state index in [9.17, 15) is 12.8 Å². The first-order valence-corrected chi connectivity index (χ1v) is 12.2. The molecule has 1 aromatic heterocycles. The van der Waals surface area contributed by atoms with Crippen molar-refractivity contribution in [3.8, 4) is 0 Å². The predicted molar refractivity (Wildman–Crippen MR) is 117 cm³/mol. The quantitative estimate of drug-likeness (QED) is 0.698. The lowest BCUT2D eigenvalue weighted by Crippen LogP contribution is -2.57. The van der Waals surface area contributed by atoms with Crippen molar-refractivity contribution < 1.29 is 17.2 Å². The van der Waals surface area contributed by atoms with Crippen LogP contribution in [0.25, 0.3) is 0 Å². The Balaban J connectivity index is 1.58. The van der Waals surface area contributed by atoms with Gasteiger partial charge in [-0.2, -0.15) is 12.7 Å². The zero-order valence-electron chi connectivity index (χ0n) is 18.6. The fourth-order valence-corrected chi connectivity index (χ4v) is 6.80. The fourth-order valence-electron chi connectivity index (χ4n) is 5.02. The van der Waals surface area contributed by atoms with E-state index < -0.39 is 21.6 Å². The molecule has 1 aromatic carbocycles. The van der Waals surface area contributed by atoms with Crippen molar-refractivity contribution >= 4 is 15.9 Å². The summed E-state index contributed by atoms with van der Waals surface area (Å²) in [7, 11) is -2.10. The number of hydrogen-bond donors (Lipinski definition) is 0. The molecule has 2 aliphatic heterocycles. The maximum atomic E-state index is 13.9. The first-order valence-electron chi connectivity index (χ1n) is 10.8. The van der Waals surface area contributed by atoms with Crippen LogP contribution in [0.5, 0.6) is 0 Å². The highest BCUT2D eigenvalue weighted by Gasteiger charge is 2.55. The Hall–Kier alpha value is -1.97. The second-order valence-electron chi connectivity index (χ2n) is 9.33. The van der Waals surface area contributed by atoms with E-state index >= 15 is 0 Å². The number of hydrogen-bond acceptors (Lipinski definition) is 5. The Morgan fingerprint density at radius 3 is 2.81 bits per heavy atom. The molecule has 7 nitrogen and oxygen atoms in total. The maximum absolute atomic E-state index is 13.9. The number of halogens is 1. The molecular formula is C22H31FN4O3S. The van der Waals surface area contributed by atoms with Crippen molar-refractivity contribution in [2.24, 2.45) is 5.92 Å². The van der Waals surface area contributed by atoms with Crippen LogP contribution in [0.2, 0.25) is 0 Å². The van der Waals surface area contributed by atoms with E-state index in [1.807, 2.05) is 0 Å². The Morgan fingerprint density at radius 2 is 2.13 bits per heavy atom. The normalized spacial score (nSPS) is 26.9. The van der Waals surface area contributed by atoms with Gasteiger partial charge < -0.3 is 4.42 Å². The van der Waals surface area contributed by atoms with E-state index in [1.165, 1.54) is 27.1 Å². The number of aromatic nitrogens is 1. The molecule has 1 spiro atoms. The van der Waals surface area contributed by atoms with Crippen molar-refractivity contribution in [2.45, 2.75) is 58.2 Å². The van der Waals surface area contributed by atoms with Crippen molar-refractivity contribution in [2.75, 3.05) is 24.4 Å². The number of anilines is 1. The number of piperidine rings is 1. The molecule has 0 unspecified atom stereocenters. The van der Waals surface area contributed by atoms with Gasteiger partial charge in [0.2, 0.25) is 0 Å². The second-order valence-corrected chi connectivity index (χ2v) is 11.2. The van der Waals surface area contributed by atoms with Crippen LogP contribution >= 0.6 is 0 Å². The zero-order chi connectivity index (χ0) is 22.4. The summed E-state index contributed by atoms with van der Waals surface area (Å²) in [4.78, 5) is 6.76. The topological polar surface area (TPSA) is 69.9 Å². The average Bonchev–Trinajstić information content (AvgIpc) is 3.17. The van der Waals surface area contributed by atoms with Crippen molar-refractivity contribution in [3.05, 3.63) is 47.9 Å². The van der Waals surface area contributed by atoms with Gasteiger partial charge in [0.15, 0.2) is 6.39 Å². The van der Waals surface area contributed by atoms with Crippen molar-refractivity contribution in [1.29, 1.82) is 0 Å². The lowest BCUT2D eigenvalue weighted by molar-refractivity contribution is 0.0988. The Bertz CT molecular complexity index is 1040. The molecular weight excluding hydrogens is 419 g/mol. The number of benzene rings is 1. The van der Waals surface area contributed by atoms with Crippen LogP contribution in [0.4, 0.5) is 10.1 Å². The molecule has 0 aliphatic carbocycles. The van der Waals surface area contributed by atoms with Crippen LogP contribution in [0, 0.1) is 11.7 Å². The summed E-state index contributed by atoms with van der Waals surface area (Å²) in [6, 6.07) is 6.01. The number of nitrogens with zero attached hydrogens (tertiary/aromatic N) is 4. The van der Waals surface area contributed by atoms with Gasteiger partial charge in [-0.3, -0.25) is 9.21 Å². The van der Waals surface area contributed by atoms with Gasteiger partial charge >= 0.3 is 10.2 Å². The third kappa shape index (κ3) is 4.10. The zero-order valence-corrected chi connectivity index (χ0v) is 19.4. The SMILES string of the molecule is CC(C)Cc1ocnc1CN1CC[C@@]2(C[C@@H]1C)CN(C)S(=O)(=O)N2c1cccc(F)c1. The fraction of sp³-hybridized carbons (Fsp3) is 0.591. The van der Waals surface area contributed by atoms with E-state index in [4.69, 9.17) is 4.42 Å². The number of oxazole rings is 1. The van der Waals surface area contributed by atoms with Crippen LogP contribution < -0.4 is 4.31 Å². The minimum atomic E-state index is -3.70. The van der Waals surface area contributed by atoms with Crippen LogP contribution in [0.15, 0.2) is 35.1 Å². The van der Waals surface area contributed by atoms with E-state index in [1.54, 1.807) is 19.2 Å². The number of likely N-dealkylation sites (N-methyl/N-ethyl adjacent to an activating group) is 1. The summed E-state index contributed by atoms with van der Waals surface area (Å²) in [5, 5.41) is 0. The minimum absolute atomic E-state index is 0.134. The Morgan fingerprint density at radius 1 is 1.35 bits per heavy atom. The highest BCUT2D eigenvalue weighted by molar-refractivity contribution is 7.90. The van der Waals surface area contributed by atoms with Gasteiger partial charge in [-0.15, -0.1) is 0 Å². The van der Waals surface area contributed by atoms with E-state index in [0.717, 1.165) is 24.4 Å². The van der Waals surface area contributed by atoms with Gasteiger partial charge in [0.05, 0.1) is 16.9 Å². The van der Waals surface area contributed by atoms with Crippen LogP contribution in [-0.4, -0.2) is 54.3 Å². The van der Waals surface area contributed by atoms with E-state index in [2.05, 4.69) is 30.7 Å². The van der Waals surface area contributed by atoms with Gasteiger partial charge in [-0.25, -0.2) is 9.37 Å². The summed E-state index contributed by atoms with van der Waals surface area (Å²) in [6.07, 6.45) is 3.67. The molecule has 2 aromatic rings. The largest absolute Gasteiger partial charge is 0.448 e. The highest BCUT2D eigenvalue weighted by Crippen LogP contribution is 2.44. The summed E-state index contributed by atoms with van der Waals surface area (Å²) >= 11 is 0. The standard InChI is InChI=1S/C22H31FN4O3S/c1-16(2)10-21-20(24-15-30-21)13-26-9-8-22(12-17(26)3)14-25(4)31(28,29)27(22)19-7-5-6-18(23)11-19/h5-7,11,15-17H,8-10,12-14H2,1-4H3/t17-,22+/m0/s1. The van der Waals surface area contributed by atoms with Crippen LogP contribution in [0.1, 0.15) is 45.1 Å². The third-order valence-electron chi connectivity index (χ3n) is 6.45. The predicted octanol–water partition coefficient (Wildman–Crippen LogP) is 3.43. The van der Waals surface area contributed by atoms with Gasteiger partial charge in [-0.1, -0.05) is 19.9 Å². The van der Waals surface area contributed by atoms with Crippen molar-refractivity contribution in [3.63, 3.8) is 0 Å². The summed E-state index contributed by atoms with van der Waals surface area (Å²) in [6.45, 7) is 8.22. The second kappa shape index (κ2) is 8.18. The van der Waals surface area contributed by atoms with E-state index in [-0.39, 0.29) is 6.04 Å². The first-order chi connectivity index (χ1) is 14.6. The molecule has 3 heterocycles. The lowest BCUT2D eigenvalue weighted by atomic mass is 9.82. The first kappa shape index (κ1) is 22.2. The lowest BCUT2D eigenvalue weighted by Gasteiger charge is -2.46. The molecule has 0 saturated carbocycles. The Kier molecular flexibility index (Phi) is 5.87. The average molecular weight is 451 g/mol. The number of likely N-dealkylation sites (tertiary alicyclic amines) is 1. The minimum Gasteiger partial charge on any atom is -0.448 e. The monoisotopic (exact) mass is 450 g/mol. The molecule has 0 amide bonds. The van der Waals surface area contributed by atoms with Gasteiger partial charge in [0, 0.05) is 39.1 Å². The molecule has 170 valence electrons. The Labute approximate surface area is 184 Å². The molecule has 0 radical (unpaired) electrons. The summed E-state index contributed by atoms with van der Waals surface area (Å²) in [5.74, 6) is 0.964. The van der Waals surface area contributed by atoms with Gasteiger partial charge in [0.1, 0.15) is 11.6 Å². The van der Waals surface area contributed by atoms with Gasteiger partial charge in [-0.05, 0) is 43.9 Å². The molecule has 2 fully saturated rings. The number of rotatable bonds is 5. The van der Waals surface area contributed by atoms with Crippen molar-refractivity contribution in [1.82, 2.24) is 14.2 Å². The maximum Gasteiger partial charge on any atom is 0.304 e. The summed E-state index contributed by atoms with van der Waals surface area (Å²) < 4.78 is 48.7. The van der Waals surface area contributed by atoms with E-state index in [0.29, 0.717) is 37.5 Å². The molecule has 31 heavy (non-hydrogen) atoms. The molecule has 0 N–H and O–H groups in total. The summed E-state index contributed by atoms with van der Waals surface area (Å²) in [5.41, 5.74) is 0.748. The molecule has 4 rings (SSSR count). The smallest absolute Gasteiger partial charge is 0.304 e. The van der Waals surface area contributed by atoms with Gasteiger partial charge in [0.25, 0.3) is 0 Å². The highest BCUT2D eigenvalue weighted by atomic mass is 32.2. The van der Waals surface area contributed by atoms with Crippen LogP contribution in [0.3, 0.4) is 0 Å².